The molecule has 128 valence electrons. The monoisotopic (exact) mass is 350 g/mol. The smallest absolute Gasteiger partial charge is 0.366 e. The van der Waals surface area contributed by atoms with E-state index in [0.29, 0.717) is 12.8 Å². The predicted molar refractivity (Wildman–Crippen MR) is 74.4 cm³/mol. The van der Waals surface area contributed by atoms with Gasteiger partial charge in [-0.3, -0.25) is 13.6 Å². The van der Waals surface area contributed by atoms with E-state index in [2.05, 4.69) is 13.4 Å². The highest BCUT2D eigenvalue weighted by atomic mass is 31.3. The topological polar surface area (TPSA) is 132 Å². The van der Waals surface area contributed by atoms with Crippen LogP contribution in [0, 0.1) is 0 Å². The Morgan fingerprint density at radius 3 is 1.95 bits per heavy atom. The zero-order valence-corrected chi connectivity index (χ0v) is 14.0. The Bertz CT molecular complexity index is 360. The molecule has 0 amide bonds. The second-order valence-electron chi connectivity index (χ2n) is 4.15. The number of phosphoric ester groups is 2. The van der Waals surface area contributed by atoms with Gasteiger partial charge >= 0.3 is 15.6 Å². The van der Waals surface area contributed by atoms with Crippen LogP contribution >= 0.6 is 15.6 Å². The van der Waals surface area contributed by atoms with E-state index >= 15 is 0 Å². The Balaban J connectivity index is 4.62. The minimum atomic E-state index is -4.63. The number of aliphatic hydroxyl groups is 2. The molecule has 0 saturated carbocycles. The fraction of sp³-hybridized carbons (Fsp3) is 1.00. The quantitative estimate of drug-likeness (QED) is 0.260. The van der Waals surface area contributed by atoms with Crippen molar-refractivity contribution < 1.29 is 42.1 Å². The molecular weight excluding hydrogens is 326 g/mol. The fourth-order valence-electron chi connectivity index (χ4n) is 1.04. The molecule has 0 aliphatic carbocycles. The maximum atomic E-state index is 12.1. The fourth-order valence-corrected chi connectivity index (χ4v) is 3.72. The minimum Gasteiger partial charge on any atom is -0.366 e. The van der Waals surface area contributed by atoms with Crippen LogP contribution in [0.25, 0.3) is 0 Å². The number of rotatable bonds is 13. The van der Waals surface area contributed by atoms with Gasteiger partial charge in [-0.25, -0.2) is 9.13 Å². The van der Waals surface area contributed by atoms with Crippen LogP contribution in [0.1, 0.15) is 39.5 Å². The molecule has 0 aliphatic heterocycles. The standard InChI is InChI=1S/C10H24O9P2/c1-3-5-7-16-20(13,14)19-21(15,17-8-6-4-2)18-9-10(11)12/h10-12H,3-9H2,1-2H3,(H,13,14). The molecule has 0 bridgehead atoms. The first-order chi connectivity index (χ1) is 9.74. The molecule has 0 aromatic heterocycles. The number of phosphoric acid groups is 2. The maximum Gasteiger partial charge on any atom is 0.483 e. The molecule has 0 aliphatic rings. The zero-order valence-electron chi connectivity index (χ0n) is 12.2. The van der Waals surface area contributed by atoms with E-state index < -0.39 is 28.5 Å². The van der Waals surface area contributed by atoms with Gasteiger partial charge in [-0.1, -0.05) is 26.7 Å². The summed E-state index contributed by atoms with van der Waals surface area (Å²) in [5.74, 6) is 0. The minimum absolute atomic E-state index is 0.0374. The van der Waals surface area contributed by atoms with Gasteiger partial charge in [0.2, 0.25) is 0 Å². The Morgan fingerprint density at radius 1 is 0.952 bits per heavy atom. The summed E-state index contributed by atoms with van der Waals surface area (Å²) in [5, 5.41) is 17.4. The van der Waals surface area contributed by atoms with Crippen LogP contribution in [-0.4, -0.2) is 41.2 Å². The normalized spacial score (nSPS) is 17.6. The second kappa shape index (κ2) is 10.8. The van der Waals surface area contributed by atoms with Crippen LogP contribution in [0.15, 0.2) is 0 Å². The molecule has 11 heteroatoms. The third-order valence-electron chi connectivity index (χ3n) is 2.08. The van der Waals surface area contributed by atoms with Gasteiger partial charge in [0.05, 0.1) is 13.2 Å². The molecule has 0 rings (SSSR count). The first-order valence-corrected chi connectivity index (χ1v) is 9.64. The lowest BCUT2D eigenvalue weighted by atomic mass is 10.4. The Hall–Kier alpha value is 0.180. The van der Waals surface area contributed by atoms with Crippen molar-refractivity contribution in [1.82, 2.24) is 0 Å². The van der Waals surface area contributed by atoms with Crippen molar-refractivity contribution >= 4 is 15.6 Å². The van der Waals surface area contributed by atoms with E-state index in [1.807, 2.05) is 13.8 Å². The van der Waals surface area contributed by atoms with Gasteiger partial charge in [0.25, 0.3) is 0 Å². The lowest BCUT2D eigenvalue weighted by Gasteiger charge is -2.20. The average molecular weight is 350 g/mol. The number of unbranched alkanes of at least 4 members (excludes halogenated alkanes) is 2. The highest BCUT2D eigenvalue weighted by Gasteiger charge is 2.38. The number of aliphatic hydroxyl groups excluding tert-OH is 1. The second-order valence-corrected chi connectivity index (χ2v) is 7.41. The lowest BCUT2D eigenvalue weighted by molar-refractivity contribution is -0.0745. The average Bonchev–Trinajstić information content (AvgIpc) is 2.36. The van der Waals surface area contributed by atoms with E-state index in [4.69, 9.17) is 14.7 Å². The van der Waals surface area contributed by atoms with Gasteiger partial charge in [-0.05, 0) is 12.8 Å². The zero-order chi connectivity index (χ0) is 16.4. The van der Waals surface area contributed by atoms with E-state index in [-0.39, 0.29) is 13.2 Å². The molecule has 0 radical (unpaired) electrons. The van der Waals surface area contributed by atoms with Crippen LogP contribution in [0.2, 0.25) is 0 Å². The highest BCUT2D eigenvalue weighted by Crippen LogP contribution is 2.63. The third-order valence-corrected chi connectivity index (χ3v) is 5.18. The van der Waals surface area contributed by atoms with Gasteiger partial charge in [0, 0.05) is 0 Å². The highest BCUT2D eigenvalue weighted by molar-refractivity contribution is 7.61. The van der Waals surface area contributed by atoms with Crippen molar-refractivity contribution in [2.45, 2.75) is 45.8 Å². The van der Waals surface area contributed by atoms with Crippen LogP contribution in [0.5, 0.6) is 0 Å². The molecule has 21 heavy (non-hydrogen) atoms. The molecule has 9 nitrogen and oxygen atoms in total. The molecule has 0 spiro atoms. The van der Waals surface area contributed by atoms with E-state index in [0.717, 1.165) is 12.8 Å². The first kappa shape index (κ1) is 21.2. The predicted octanol–water partition coefficient (Wildman–Crippen LogP) is 2.17. The van der Waals surface area contributed by atoms with Crippen molar-refractivity contribution in [2.24, 2.45) is 0 Å². The summed E-state index contributed by atoms with van der Waals surface area (Å²) in [7, 11) is -9.06. The van der Waals surface area contributed by atoms with Crippen molar-refractivity contribution in [3.63, 3.8) is 0 Å². The van der Waals surface area contributed by atoms with Crippen LogP contribution < -0.4 is 0 Å². The van der Waals surface area contributed by atoms with Crippen molar-refractivity contribution in [1.29, 1.82) is 0 Å². The third kappa shape index (κ3) is 11.4. The van der Waals surface area contributed by atoms with Crippen molar-refractivity contribution in [3.05, 3.63) is 0 Å². The number of hydrogen-bond donors (Lipinski definition) is 3. The summed E-state index contributed by atoms with van der Waals surface area (Å²) in [6.45, 7) is 2.83. The van der Waals surface area contributed by atoms with Gasteiger partial charge in [-0.15, -0.1) is 0 Å². The summed E-state index contributed by atoms with van der Waals surface area (Å²) in [6.07, 6.45) is 0.580. The van der Waals surface area contributed by atoms with E-state index in [9.17, 15) is 14.0 Å². The maximum absolute atomic E-state index is 12.1. The molecule has 2 atom stereocenters. The van der Waals surface area contributed by atoms with Gasteiger partial charge in [0.15, 0.2) is 6.29 Å². The van der Waals surface area contributed by atoms with Crippen molar-refractivity contribution in [3.8, 4) is 0 Å². The number of hydrogen-bond acceptors (Lipinski definition) is 8. The van der Waals surface area contributed by atoms with Gasteiger partial charge in [-0.2, -0.15) is 4.31 Å². The van der Waals surface area contributed by atoms with Gasteiger partial charge < -0.3 is 15.1 Å². The molecule has 3 N–H and O–H groups in total. The summed E-state index contributed by atoms with van der Waals surface area (Å²) in [4.78, 5) is 9.45. The van der Waals surface area contributed by atoms with Crippen LogP contribution in [0.4, 0.5) is 0 Å². The molecule has 0 heterocycles. The van der Waals surface area contributed by atoms with Crippen molar-refractivity contribution in [2.75, 3.05) is 19.8 Å². The van der Waals surface area contributed by atoms with Crippen LogP contribution in [0.3, 0.4) is 0 Å². The molecular formula is C10H24O9P2. The summed E-state index contributed by atoms with van der Waals surface area (Å²) in [6, 6.07) is 0. The Kier molecular flexibility index (Phi) is 10.9. The summed E-state index contributed by atoms with van der Waals surface area (Å²) in [5.41, 5.74) is 0. The lowest BCUT2D eigenvalue weighted by Crippen LogP contribution is -2.14. The largest absolute Gasteiger partial charge is 0.483 e. The van der Waals surface area contributed by atoms with E-state index in [1.165, 1.54) is 0 Å². The molecule has 2 unspecified atom stereocenters. The molecule has 0 aromatic carbocycles. The summed E-state index contributed by atoms with van der Waals surface area (Å²) >= 11 is 0. The van der Waals surface area contributed by atoms with E-state index in [1.54, 1.807) is 0 Å². The van der Waals surface area contributed by atoms with Crippen LogP contribution in [-0.2, 0) is 27.0 Å². The van der Waals surface area contributed by atoms with Gasteiger partial charge in [0.1, 0.15) is 6.61 Å². The first-order valence-electron chi connectivity index (χ1n) is 6.68. The molecule has 0 saturated heterocycles. The Morgan fingerprint density at radius 2 is 1.48 bits per heavy atom. The SMILES string of the molecule is CCCCOP(=O)(O)OP(=O)(OCCCC)OCC(O)O. The molecule has 0 aromatic rings. The summed E-state index contributed by atoms with van der Waals surface area (Å²) < 4.78 is 42.3. The Labute approximate surface area is 124 Å². The molecule has 0 fully saturated rings.